The number of allylic oxidation sites excluding steroid dienone is 4. The first-order chi connectivity index (χ1) is 13.4. The fraction of sp³-hybridized carbons (Fsp3) is 0.591. The van der Waals surface area contributed by atoms with Gasteiger partial charge in [-0.05, 0) is 49.0 Å². The number of rotatable bonds is 2. The van der Waals surface area contributed by atoms with Crippen LogP contribution >= 0.6 is 0 Å². The molecule has 0 amide bonds. The second kappa shape index (κ2) is 5.79. The summed E-state index contributed by atoms with van der Waals surface area (Å²) in [5, 5.41) is 20.6. The van der Waals surface area contributed by atoms with Crippen LogP contribution in [-0.2, 0) is 14.4 Å². The van der Waals surface area contributed by atoms with Crippen molar-refractivity contribution in [3.8, 4) is 0 Å². The van der Waals surface area contributed by atoms with Gasteiger partial charge in [0.1, 0.15) is 12.8 Å². The second-order valence-electron chi connectivity index (χ2n) is 9.28. The molecule has 0 aliphatic heterocycles. The summed E-state index contributed by atoms with van der Waals surface area (Å²) in [7, 11) is 0. The molecule has 0 spiro atoms. The van der Waals surface area contributed by atoms with Gasteiger partial charge in [0.25, 0.3) is 0 Å². The first-order valence-electron chi connectivity index (χ1n) is 9.74. The summed E-state index contributed by atoms with van der Waals surface area (Å²) in [5.41, 5.74) is -7.60. The van der Waals surface area contributed by atoms with E-state index >= 15 is 8.78 Å². The number of carbonyl (C=O) groups excluding carboxylic acids is 3. The van der Waals surface area contributed by atoms with Crippen LogP contribution in [0.3, 0.4) is 0 Å². The van der Waals surface area contributed by atoms with Crippen LogP contribution in [0.5, 0.6) is 0 Å². The van der Waals surface area contributed by atoms with Crippen LogP contribution in [0.15, 0.2) is 36.0 Å². The van der Waals surface area contributed by atoms with E-state index in [1.54, 1.807) is 0 Å². The summed E-state index contributed by atoms with van der Waals surface area (Å²) in [5.74, 6) is -4.01. The monoisotopic (exact) mass is 406 g/mol. The molecule has 0 aromatic carbocycles. The van der Waals surface area contributed by atoms with Crippen LogP contribution in [0.4, 0.5) is 8.78 Å². The zero-order chi connectivity index (χ0) is 21.6. The Balaban J connectivity index is 1.89. The molecule has 3 fully saturated rings. The molecule has 5 nitrogen and oxygen atoms in total. The number of aliphatic hydroxyl groups excluding tert-OH is 1. The second-order valence-corrected chi connectivity index (χ2v) is 9.28. The number of ketones is 3. The predicted molar refractivity (Wildman–Crippen MR) is 99.2 cm³/mol. The van der Waals surface area contributed by atoms with Gasteiger partial charge in [-0.15, -0.1) is 0 Å². The Hall–Kier alpha value is -1.99. The van der Waals surface area contributed by atoms with E-state index < -0.39 is 70.5 Å². The summed E-state index contributed by atoms with van der Waals surface area (Å²) < 4.78 is 31.9. The van der Waals surface area contributed by atoms with Gasteiger partial charge in [-0.1, -0.05) is 19.6 Å². The minimum absolute atomic E-state index is 0.0424. The predicted octanol–water partition coefficient (Wildman–Crippen LogP) is 1.97. The van der Waals surface area contributed by atoms with E-state index in [-0.39, 0.29) is 24.0 Å². The van der Waals surface area contributed by atoms with E-state index in [4.69, 9.17) is 0 Å². The standard InChI is InChI=1S/C22H24F2O5/c1-11-6-13-14-8-16(23)15-7-12(26)4-5-19(15,2)21(14,24)17(27)9-20(13,3)22(11,29)18(28)10-25/h4-5,7,13-14,16,25,29H,1,6,8-10H2,2-3H3/t13-,14-,16?,19-,20-,21-,22-/m0/s1. The smallest absolute Gasteiger partial charge is 0.194 e. The molecule has 4 aliphatic carbocycles. The third-order valence-electron chi connectivity index (χ3n) is 8.13. The van der Waals surface area contributed by atoms with E-state index in [1.807, 2.05) is 0 Å². The normalized spacial score (nSPS) is 48.7. The summed E-state index contributed by atoms with van der Waals surface area (Å²) in [4.78, 5) is 37.5. The molecule has 4 aliphatic rings. The molecule has 7 heteroatoms. The lowest BCUT2D eigenvalue weighted by Crippen LogP contribution is -2.69. The van der Waals surface area contributed by atoms with E-state index in [2.05, 4.69) is 6.58 Å². The first kappa shape index (κ1) is 20.3. The van der Waals surface area contributed by atoms with E-state index in [0.717, 1.165) is 12.2 Å². The maximum atomic E-state index is 16.7. The van der Waals surface area contributed by atoms with Crippen molar-refractivity contribution < 1.29 is 33.4 Å². The van der Waals surface area contributed by atoms with Crippen molar-refractivity contribution in [2.24, 2.45) is 22.7 Å². The Kier molecular flexibility index (Phi) is 4.05. The molecule has 29 heavy (non-hydrogen) atoms. The largest absolute Gasteiger partial charge is 0.388 e. The molecule has 2 N–H and O–H groups in total. The number of carbonyl (C=O) groups is 3. The molecular formula is C22H24F2O5. The van der Waals surface area contributed by atoms with Gasteiger partial charge in [0, 0.05) is 17.8 Å². The fourth-order valence-electron chi connectivity index (χ4n) is 6.53. The van der Waals surface area contributed by atoms with E-state index in [9.17, 15) is 24.6 Å². The van der Waals surface area contributed by atoms with Crippen molar-refractivity contribution in [1.29, 1.82) is 0 Å². The van der Waals surface area contributed by atoms with Crippen molar-refractivity contribution in [3.63, 3.8) is 0 Å². The fourth-order valence-corrected chi connectivity index (χ4v) is 6.53. The molecular weight excluding hydrogens is 382 g/mol. The molecule has 0 saturated heterocycles. The molecule has 1 unspecified atom stereocenters. The lowest BCUT2D eigenvalue weighted by molar-refractivity contribution is -0.184. The van der Waals surface area contributed by atoms with Crippen molar-refractivity contribution >= 4 is 17.3 Å². The van der Waals surface area contributed by atoms with Crippen LogP contribution in [0.2, 0.25) is 0 Å². The summed E-state index contributed by atoms with van der Waals surface area (Å²) in [6, 6.07) is 0. The van der Waals surface area contributed by atoms with Gasteiger partial charge in [-0.2, -0.15) is 0 Å². The van der Waals surface area contributed by atoms with Crippen molar-refractivity contribution in [2.75, 3.05) is 6.61 Å². The van der Waals surface area contributed by atoms with Crippen LogP contribution in [-0.4, -0.2) is 51.6 Å². The minimum atomic E-state index is -2.48. The quantitative estimate of drug-likeness (QED) is 0.685. The van der Waals surface area contributed by atoms with E-state index in [0.29, 0.717) is 0 Å². The Morgan fingerprint density at radius 1 is 1.31 bits per heavy atom. The van der Waals surface area contributed by atoms with Crippen LogP contribution in [0.1, 0.15) is 33.1 Å². The Morgan fingerprint density at radius 2 is 1.97 bits per heavy atom. The highest BCUT2D eigenvalue weighted by molar-refractivity contribution is 6.03. The average molecular weight is 406 g/mol. The summed E-state index contributed by atoms with van der Waals surface area (Å²) in [6.45, 7) is 5.78. The SMILES string of the molecule is C=C1C[C@H]2[C@@H]3CC(F)C4=CC(=O)C=C[C@]4(C)[C@@]3(F)C(=O)C[C@]2(C)[C@@]1(O)C(=O)CO. The van der Waals surface area contributed by atoms with E-state index in [1.165, 1.54) is 19.9 Å². The van der Waals surface area contributed by atoms with Crippen LogP contribution in [0.25, 0.3) is 0 Å². The first-order valence-corrected chi connectivity index (χ1v) is 9.74. The highest BCUT2D eigenvalue weighted by Crippen LogP contribution is 2.69. The van der Waals surface area contributed by atoms with Gasteiger partial charge in [0.2, 0.25) is 0 Å². The average Bonchev–Trinajstić information content (AvgIpc) is 2.86. The van der Waals surface area contributed by atoms with Gasteiger partial charge in [0.15, 0.2) is 28.6 Å². The number of hydrogen-bond donors (Lipinski definition) is 2. The molecule has 0 radical (unpaired) electrons. The van der Waals surface area contributed by atoms with Gasteiger partial charge in [-0.3, -0.25) is 14.4 Å². The molecule has 7 atom stereocenters. The lowest BCUT2D eigenvalue weighted by atomic mass is 9.45. The number of fused-ring (bicyclic) bond motifs is 5. The molecule has 0 heterocycles. The van der Waals surface area contributed by atoms with Crippen molar-refractivity contribution in [3.05, 3.63) is 36.0 Å². The number of alkyl halides is 2. The molecule has 0 aromatic heterocycles. The van der Waals surface area contributed by atoms with Gasteiger partial charge < -0.3 is 10.2 Å². The maximum absolute atomic E-state index is 16.7. The van der Waals surface area contributed by atoms with Gasteiger partial charge in [0.05, 0.1) is 5.41 Å². The number of aliphatic hydroxyl groups is 2. The van der Waals surface area contributed by atoms with Crippen molar-refractivity contribution in [2.45, 2.75) is 50.6 Å². The van der Waals surface area contributed by atoms with Gasteiger partial charge >= 0.3 is 0 Å². The van der Waals surface area contributed by atoms with Gasteiger partial charge in [-0.25, -0.2) is 8.78 Å². The number of hydrogen-bond acceptors (Lipinski definition) is 5. The Labute approximate surface area is 167 Å². The number of halogens is 2. The summed E-state index contributed by atoms with van der Waals surface area (Å²) in [6.07, 6.45) is 1.14. The minimum Gasteiger partial charge on any atom is -0.388 e. The van der Waals surface area contributed by atoms with Crippen LogP contribution < -0.4 is 0 Å². The molecule has 3 saturated carbocycles. The third kappa shape index (κ3) is 2.07. The molecule has 156 valence electrons. The lowest BCUT2D eigenvalue weighted by Gasteiger charge is -2.59. The van der Waals surface area contributed by atoms with Crippen LogP contribution in [0, 0.1) is 22.7 Å². The molecule has 4 rings (SSSR count). The zero-order valence-corrected chi connectivity index (χ0v) is 16.4. The third-order valence-corrected chi connectivity index (χ3v) is 8.13. The maximum Gasteiger partial charge on any atom is 0.194 e. The Bertz CT molecular complexity index is 922. The molecule has 0 bridgehead atoms. The number of Topliss-reactive ketones (excluding diaryl/α,β-unsaturated/α-hetero) is 2. The summed E-state index contributed by atoms with van der Waals surface area (Å²) >= 11 is 0. The van der Waals surface area contributed by atoms with Crippen molar-refractivity contribution in [1.82, 2.24) is 0 Å². The molecule has 0 aromatic rings. The Morgan fingerprint density at radius 3 is 2.59 bits per heavy atom. The highest BCUT2D eigenvalue weighted by Gasteiger charge is 2.76. The highest BCUT2D eigenvalue weighted by atomic mass is 19.1. The zero-order valence-electron chi connectivity index (χ0n) is 16.4. The topological polar surface area (TPSA) is 91.7 Å².